The number of carboxylic acids is 1. The standard InChI is InChI=1S/C12H15N3O2/c1-8(2)9(12(16)17)7-15-10-4-3-5-14-11(10)6-13/h3-5,8-9,15H,7H2,1-2H3,(H,16,17). The summed E-state index contributed by atoms with van der Waals surface area (Å²) in [6.07, 6.45) is 1.53. The van der Waals surface area contributed by atoms with Crippen LogP contribution in [0.2, 0.25) is 0 Å². The van der Waals surface area contributed by atoms with E-state index >= 15 is 0 Å². The molecule has 5 heteroatoms. The Kier molecular flexibility index (Phi) is 4.46. The molecule has 0 fully saturated rings. The first kappa shape index (κ1) is 13.0. The molecule has 0 aromatic carbocycles. The molecule has 1 unspecified atom stereocenters. The Bertz CT molecular complexity index is 438. The van der Waals surface area contributed by atoms with Gasteiger partial charge < -0.3 is 10.4 Å². The first-order valence-corrected chi connectivity index (χ1v) is 5.38. The summed E-state index contributed by atoms with van der Waals surface area (Å²) in [5.74, 6) is -1.29. The summed E-state index contributed by atoms with van der Waals surface area (Å²) in [5, 5.41) is 20.8. The van der Waals surface area contributed by atoms with Crippen molar-refractivity contribution in [3.8, 4) is 6.07 Å². The molecule has 0 bridgehead atoms. The van der Waals surface area contributed by atoms with Crippen molar-refractivity contribution in [1.29, 1.82) is 5.26 Å². The molecule has 0 aliphatic heterocycles. The topological polar surface area (TPSA) is 86.0 Å². The number of nitriles is 1. The maximum atomic E-state index is 11.0. The van der Waals surface area contributed by atoms with Crippen LogP contribution in [0.15, 0.2) is 18.3 Å². The molecule has 1 rings (SSSR count). The van der Waals surface area contributed by atoms with Crippen LogP contribution in [0, 0.1) is 23.2 Å². The lowest BCUT2D eigenvalue weighted by molar-refractivity contribution is -0.142. The lowest BCUT2D eigenvalue weighted by atomic mass is 9.96. The van der Waals surface area contributed by atoms with Gasteiger partial charge in [-0.1, -0.05) is 13.8 Å². The Morgan fingerprint density at radius 2 is 2.35 bits per heavy atom. The minimum absolute atomic E-state index is 0.0298. The number of carbonyl (C=O) groups is 1. The minimum Gasteiger partial charge on any atom is -0.481 e. The number of hydrogen-bond acceptors (Lipinski definition) is 4. The molecule has 2 N–H and O–H groups in total. The van der Waals surface area contributed by atoms with Gasteiger partial charge in [0.2, 0.25) is 0 Å². The van der Waals surface area contributed by atoms with Crippen LogP contribution in [0.1, 0.15) is 19.5 Å². The molecule has 0 spiro atoms. The molecule has 0 aliphatic rings. The Hall–Kier alpha value is -2.09. The molecular weight excluding hydrogens is 218 g/mol. The number of nitrogens with zero attached hydrogens (tertiary/aromatic N) is 2. The molecule has 0 saturated heterocycles. The minimum atomic E-state index is -0.838. The Morgan fingerprint density at radius 3 is 2.88 bits per heavy atom. The van der Waals surface area contributed by atoms with Crippen LogP contribution in [0.3, 0.4) is 0 Å². The van der Waals surface area contributed by atoms with E-state index < -0.39 is 11.9 Å². The van der Waals surface area contributed by atoms with E-state index in [1.54, 1.807) is 12.1 Å². The highest BCUT2D eigenvalue weighted by Gasteiger charge is 2.21. The SMILES string of the molecule is CC(C)C(CNc1cccnc1C#N)C(=O)O. The lowest BCUT2D eigenvalue weighted by Gasteiger charge is -2.17. The molecule has 1 aromatic heterocycles. The van der Waals surface area contributed by atoms with Crippen molar-refractivity contribution in [2.45, 2.75) is 13.8 Å². The summed E-state index contributed by atoms with van der Waals surface area (Å²) in [4.78, 5) is 14.9. The van der Waals surface area contributed by atoms with Gasteiger partial charge in [0.1, 0.15) is 6.07 Å². The largest absolute Gasteiger partial charge is 0.481 e. The van der Waals surface area contributed by atoms with Crippen LogP contribution < -0.4 is 5.32 Å². The zero-order valence-corrected chi connectivity index (χ0v) is 9.84. The molecule has 5 nitrogen and oxygen atoms in total. The van der Waals surface area contributed by atoms with Crippen molar-refractivity contribution in [1.82, 2.24) is 4.98 Å². The summed E-state index contributed by atoms with van der Waals surface area (Å²) in [5.41, 5.74) is 0.849. The highest BCUT2D eigenvalue weighted by molar-refractivity contribution is 5.71. The molecular formula is C12H15N3O2. The van der Waals surface area contributed by atoms with E-state index in [4.69, 9.17) is 10.4 Å². The second kappa shape index (κ2) is 5.85. The Labute approximate surface area is 100 Å². The third-order valence-corrected chi connectivity index (χ3v) is 2.55. The second-order valence-corrected chi connectivity index (χ2v) is 4.08. The van der Waals surface area contributed by atoms with Crippen molar-refractivity contribution < 1.29 is 9.90 Å². The summed E-state index contributed by atoms with van der Waals surface area (Å²) in [6.45, 7) is 4.00. The summed E-state index contributed by atoms with van der Waals surface area (Å²) >= 11 is 0. The average Bonchev–Trinajstić information content (AvgIpc) is 2.29. The fraction of sp³-hybridized carbons (Fsp3) is 0.417. The van der Waals surface area contributed by atoms with Crippen molar-refractivity contribution in [3.63, 3.8) is 0 Å². The third kappa shape index (κ3) is 3.45. The number of aliphatic carboxylic acids is 1. The maximum Gasteiger partial charge on any atom is 0.308 e. The van der Waals surface area contributed by atoms with Crippen LogP contribution in [0.25, 0.3) is 0 Å². The van der Waals surface area contributed by atoms with E-state index in [-0.39, 0.29) is 18.2 Å². The van der Waals surface area contributed by atoms with Gasteiger partial charge in [-0.15, -0.1) is 0 Å². The number of nitrogens with one attached hydrogen (secondary N) is 1. The molecule has 17 heavy (non-hydrogen) atoms. The second-order valence-electron chi connectivity index (χ2n) is 4.08. The molecule has 1 aromatic rings. The molecule has 0 amide bonds. The van der Waals surface area contributed by atoms with Gasteiger partial charge in [-0.3, -0.25) is 4.79 Å². The van der Waals surface area contributed by atoms with Gasteiger partial charge in [-0.05, 0) is 18.1 Å². The van der Waals surface area contributed by atoms with E-state index in [1.807, 2.05) is 19.9 Å². The summed E-state index contributed by atoms with van der Waals surface area (Å²) in [7, 11) is 0. The van der Waals surface area contributed by atoms with Crippen molar-refractivity contribution in [2.24, 2.45) is 11.8 Å². The van der Waals surface area contributed by atoms with Crippen LogP contribution in [-0.4, -0.2) is 22.6 Å². The molecule has 1 heterocycles. The van der Waals surface area contributed by atoms with Gasteiger partial charge in [-0.25, -0.2) is 4.98 Å². The van der Waals surface area contributed by atoms with Crippen LogP contribution in [0.4, 0.5) is 5.69 Å². The third-order valence-electron chi connectivity index (χ3n) is 2.55. The number of aromatic nitrogens is 1. The van der Waals surface area contributed by atoms with Gasteiger partial charge in [0.05, 0.1) is 11.6 Å². The van der Waals surface area contributed by atoms with Crippen LogP contribution in [-0.2, 0) is 4.79 Å². The van der Waals surface area contributed by atoms with Gasteiger partial charge in [0.15, 0.2) is 5.69 Å². The lowest BCUT2D eigenvalue weighted by Crippen LogP contribution is -2.27. The van der Waals surface area contributed by atoms with E-state index in [0.29, 0.717) is 5.69 Å². The predicted octanol–water partition coefficient (Wildman–Crippen LogP) is 1.72. The highest BCUT2D eigenvalue weighted by Crippen LogP contribution is 2.15. The van der Waals surface area contributed by atoms with E-state index in [1.165, 1.54) is 6.20 Å². The number of hydrogen-bond donors (Lipinski definition) is 2. The van der Waals surface area contributed by atoms with Gasteiger partial charge in [0.25, 0.3) is 0 Å². The van der Waals surface area contributed by atoms with Gasteiger partial charge >= 0.3 is 5.97 Å². The monoisotopic (exact) mass is 233 g/mol. The van der Waals surface area contributed by atoms with Gasteiger partial charge in [0, 0.05) is 12.7 Å². The van der Waals surface area contributed by atoms with Gasteiger partial charge in [-0.2, -0.15) is 5.26 Å². The quantitative estimate of drug-likeness (QED) is 0.808. The Morgan fingerprint density at radius 1 is 1.65 bits per heavy atom. The summed E-state index contributed by atoms with van der Waals surface area (Å²) < 4.78 is 0. The fourth-order valence-electron chi connectivity index (χ4n) is 1.47. The number of pyridine rings is 1. The van der Waals surface area contributed by atoms with E-state index in [0.717, 1.165) is 0 Å². The van der Waals surface area contributed by atoms with Crippen molar-refractivity contribution in [3.05, 3.63) is 24.0 Å². The average molecular weight is 233 g/mol. The zero-order valence-electron chi connectivity index (χ0n) is 9.84. The molecule has 0 radical (unpaired) electrons. The number of rotatable bonds is 5. The molecule has 90 valence electrons. The molecule has 0 aliphatic carbocycles. The van der Waals surface area contributed by atoms with E-state index in [2.05, 4.69) is 10.3 Å². The smallest absolute Gasteiger partial charge is 0.308 e. The fourth-order valence-corrected chi connectivity index (χ4v) is 1.47. The highest BCUT2D eigenvalue weighted by atomic mass is 16.4. The predicted molar refractivity (Wildman–Crippen MR) is 63.4 cm³/mol. The normalized spacial score (nSPS) is 11.9. The van der Waals surface area contributed by atoms with Crippen molar-refractivity contribution in [2.75, 3.05) is 11.9 Å². The number of anilines is 1. The Balaban J connectivity index is 2.73. The first-order chi connectivity index (χ1) is 8.06. The number of carboxylic acid groups (broad SMARTS) is 1. The van der Waals surface area contributed by atoms with Crippen LogP contribution >= 0.6 is 0 Å². The first-order valence-electron chi connectivity index (χ1n) is 5.38. The molecule has 0 saturated carbocycles. The van der Waals surface area contributed by atoms with Crippen LogP contribution in [0.5, 0.6) is 0 Å². The maximum absolute atomic E-state index is 11.0. The molecule has 1 atom stereocenters. The summed E-state index contributed by atoms with van der Waals surface area (Å²) in [6, 6.07) is 5.37. The van der Waals surface area contributed by atoms with E-state index in [9.17, 15) is 4.79 Å². The van der Waals surface area contributed by atoms with Crippen molar-refractivity contribution >= 4 is 11.7 Å². The zero-order chi connectivity index (χ0) is 12.8.